The fraction of sp³-hybridized carbons (Fsp3) is 0.267. The molecule has 1 aliphatic rings. The molecule has 1 N–H and O–H groups in total. The first-order chi connectivity index (χ1) is 11.3. The van der Waals surface area contributed by atoms with E-state index in [9.17, 15) is 4.79 Å². The predicted molar refractivity (Wildman–Crippen MR) is 95.2 cm³/mol. The van der Waals surface area contributed by atoms with Crippen LogP contribution in [0.15, 0.2) is 17.6 Å². The van der Waals surface area contributed by atoms with Crippen molar-refractivity contribution in [3.05, 3.63) is 33.1 Å². The lowest BCUT2D eigenvalue weighted by Gasteiger charge is -2.06. The van der Waals surface area contributed by atoms with Crippen LogP contribution in [0.5, 0.6) is 0 Å². The van der Waals surface area contributed by atoms with Gasteiger partial charge in [0.1, 0.15) is 4.83 Å². The maximum absolute atomic E-state index is 12.5. The Labute approximate surface area is 143 Å². The average Bonchev–Trinajstić information content (AvgIpc) is 3.26. The molecule has 0 radical (unpaired) electrons. The van der Waals surface area contributed by atoms with Gasteiger partial charge in [-0.15, -0.1) is 34.0 Å². The summed E-state index contributed by atoms with van der Waals surface area (Å²) in [5, 5.41) is 5.67. The fourth-order valence-corrected chi connectivity index (χ4v) is 5.66. The summed E-state index contributed by atoms with van der Waals surface area (Å²) in [4.78, 5) is 25.5. The largest absolute Gasteiger partial charge is 0.297 e. The summed E-state index contributed by atoms with van der Waals surface area (Å²) >= 11 is 4.64. The molecule has 0 bridgehead atoms. The molecule has 4 aromatic rings. The van der Waals surface area contributed by atoms with Crippen molar-refractivity contribution in [2.24, 2.45) is 0 Å². The number of thiophene rings is 1. The molecule has 116 valence electrons. The molecule has 1 aliphatic carbocycles. The second kappa shape index (κ2) is 5.12. The van der Waals surface area contributed by atoms with Gasteiger partial charge in [0.05, 0.1) is 16.1 Å². The molecule has 8 heteroatoms. The molecule has 1 amide bonds. The molecule has 4 aromatic heterocycles. The number of carbonyl (C=O) groups is 1. The number of amides is 1. The van der Waals surface area contributed by atoms with Crippen LogP contribution in [0.3, 0.4) is 0 Å². The van der Waals surface area contributed by atoms with Crippen LogP contribution in [0, 0.1) is 0 Å². The lowest BCUT2D eigenvalue weighted by molar-refractivity contribution is 0.103. The predicted octanol–water partition coefficient (Wildman–Crippen LogP) is 4.20. The molecule has 0 saturated carbocycles. The van der Waals surface area contributed by atoms with Crippen LogP contribution in [0.1, 0.15) is 33.1 Å². The fourth-order valence-electron chi connectivity index (χ4n) is 2.92. The number of carbonyl (C=O) groups excluding carboxylic acids is 1. The van der Waals surface area contributed by atoms with Crippen LogP contribution in [0.2, 0.25) is 0 Å². The van der Waals surface area contributed by atoms with Gasteiger partial charge in [-0.1, -0.05) is 0 Å². The Kier molecular flexibility index (Phi) is 3.04. The lowest BCUT2D eigenvalue weighted by Crippen LogP contribution is -2.10. The number of hydrogen-bond acceptors (Lipinski definition) is 6. The Morgan fingerprint density at radius 2 is 2.13 bits per heavy atom. The van der Waals surface area contributed by atoms with Crippen molar-refractivity contribution in [2.75, 3.05) is 5.32 Å². The van der Waals surface area contributed by atoms with Crippen molar-refractivity contribution in [1.29, 1.82) is 0 Å². The first kappa shape index (κ1) is 13.6. The number of fused-ring (bicyclic) bond motifs is 4. The first-order valence-corrected chi connectivity index (χ1v) is 9.94. The van der Waals surface area contributed by atoms with Gasteiger partial charge in [-0.3, -0.25) is 14.5 Å². The highest BCUT2D eigenvalue weighted by Gasteiger charge is 2.19. The summed E-state index contributed by atoms with van der Waals surface area (Å²) in [6.07, 6.45) is 6.53. The number of aromatic nitrogens is 3. The van der Waals surface area contributed by atoms with Gasteiger partial charge in [0.2, 0.25) is 0 Å². The summed E-state index contributed by atoms with van der Waals surface area (Å²) < 4.78 is 2.02. The number of imidazole rings is 1. The third kappa shape index (κ3) is 2.20. The monoisotopic (exact) mass is 360 g/mol. The number of aryl methyl sites for hydroxylation is 2. The van der Waals surface area contributed by atoms with E-state index < -0.39 is 0 Å². The van der Waals surface area contributed by atoms with Crippen molar-refractivity contribution in [1.82, 2.24) is 14.4 Å². The van der Waals surface area contributed by atoms with E-state index in [0.29, 0.717) is 4.88 Å². The molecule has 0 aliphatic heterocycles. The Hall–Kier alpha value is -1.77. The topological polar surface area (TPSA) is 59.3 Å². The van der Waals surface area contributed by atoms with E-state index in [0.717, 1.165) is 33.3 Å². The Balaban J connectivity index is 1.45. The minimum atomic E-state index is -0.0944. The van der Waals surface area contributed by atoms with Gasteiger partial charge in [0.25, 0.3) is 5.91 Å². The number of hydrogen-bond donors (Lipinski definition) is 1. The van der Waals surface area contributed by atoms with E-state index in [1.807, 2.05) is 22.0 Å². The van der Waals surface area contributed by atoms with Crippen LogP contribution in [0.25, 0.3) is 15.3 Å². The molecule has 4 heterocycles. The SMILES string of the molecule is O=C(Nc1nc2c(s1)CCCC2)c1cc2c(nc3sccn32)s1. The van der Waals surface area contributed by atoms with E-state index in [4.69, 9.17) is 0 Å². The van der Waals surface area contributed by atoms with E-state index in [2.05, 4.69) is 15.3 Å². The molecule has 0 unspecified atom stereocenters. The third-order valence-corrected chi connectivity index (χ3v) is 6.88. The molecule has 0 spiro atoms. The summed E-state index contributed by atoms with van der Waals surface area (Å²) in [6.45, 7) is 0. The van der Waals surface area contributed by atoms with Gasteiger partial charge in [0.15, 0.2) is 10.1 Å². The molecule has 0 atom stereocenters. The molecule has 5 nitrogen and oxygen atoms in total. The van der Waals surface area contributed by atoms with Gasteiger partial charge in [0, 0.05) is 16.5 Å². The number of thiazole rings is 2. The van der Waals surface area contributed by atoms with Gasteiger partial charge in [-0.25, -0.2) is 9.97 Å². The standard InChI is InChI=1S/C15H12N4OS3/c20-12(17-14-16-8-3-1-2-4-10(8)23-14)11-7-9-13(22-11)18-15-19(9)5-6-21-15/h5-7H,1-4H2,(H,16,17,20). The highest BCUT2D eigenvalue weighted by Crippen LogP contribution is 2.31. The van der Waals surface area contributed by atoms with E-state index in [1.165, 1.54) is 34.7 Å². The zero-order valence-corrected chi connectivity index (χ0v) is 14.5. The van der Waals surface area contributed by atoms with Crippen LogP contribution < -0.4 is 5.32 Å². The zero-order valence-electron chi connectivity index (χ0n) is 12.0. The van der Waals surface area contributed by atoms with Gasteiger partial charge < -0.3 is 0 Å². The maximum Gasteiger partial charge on any atom is 0.267 e. The zero-order chi connectivity index (χ0) is 15.4. The molecular formula is C15H12N4OS3. The smallest absolute Gasteiger partial charge is 0.267 e. The summed E-state index contributed by atoms with van der Waals surface area (Å²) in [7, 11) is 0. The molecule has 5 rings (SSSR count). The van der Waals surface area contributed by atoms with Crippen molar-refractivity contribution in [3.8, 4) is 0 Å². The minimum absolute atomic E-state index is 0.0944. The highest BCUT2D eigenvalue weighted by atomic mass is 32.1. The van der Waals surface area contributed by atoms with Gasteiger partial charge in [-0.2, -0.15) is 0 Å². The Morgan fingerprint density at radius 3 is 3.04 bits per heavy atom. The molecule has 23 heavy (non-hydrogen) atoms. The highest BCUT2D eigenvalue weighted by molar-refractivity contribution is 7.21. The maximum atomic E-state index is 12.5. The summed E-state index contributed by atoms with van der Waals surface area (Å²) in [5.74, 6) is -0.0944. The molecule has 0 saturated heterocycles. The van der Waals surface area contributed by atoms with Gasteiger partial charge >= 0.3 is 0 Å². The van der Waals surface area contributed by atoms with Crippen LogP contribution >= 0.6 is 34.0 Å². The summed E-state index contributed by atoms with van der Waals surface area (Å²) in [6, 6.07) is 1.91. The van der Waals surface area contributed by atoms with E-state index >= 15 is 0 Å². The lowest BCUT2D eigenvalue weighted by atomic mass is 10.0. The van der Waals surface area contributed by atoms with Crippen LogP contribution in [0.4, 0.5) is 5.13 Å². The normalized spacial score (nSPS) is 14.4. The van der Waals surface area contributed by atoms with Crippen molar-refractivity contribution >= 4 is 60.4 Å². The van der Waals surface area contributed by atoms with E-state index in [-0.39, 0.29) is 5.91 Å². The molecular weight excluding hydrogens is 348 g/mol. The molecule has 0 aromatic carbocycles. The Bertz CT molecular complexity index is 1010. The van der Waals surface area contributed by atoms with E-state index in [1.54, 1.807) is 22.7 Å². The number of rotatable bonds is 2. The average molecular weight is 360 g/mol. The second-order valence-corrected chi connectivity index (χ2v) is 8.51. The second-order valence-electron chi connectivity index (χ2n) is 5.52. The van der Waals surface area contributed by atoms with Crippen molar-refractivity contribution in [3.63, 3.8) is 0 Å². The Morgan fingerprint density at radius 1 is 1.22 bits per heavy atom. The molecule has 0 fully saturated rings. The number of nitrogens with one attached hydrogen (secondary N) is 1. The van der Waals surface area contributed by atoms with Crippen molar-refractivity contribution in [2.45, 2.75) is 25.7 Å². The minimum Gasteiger partial charge on any atom is -0.297 e. The summed E-state index contributed by atoms with van der Waals surface area (Å²) in [5.41, 5.74) is 2.16. The number of nitrogens with zero attached hydrogens (tertiary/aromatic N) is 3. The first-order valence-electron chi connectivity index (χ1n) is 7.43. The quantitative estimate of drug-likeness (QED) is 0.583. The van der Waals surface area contributed by atoms with Crippen LogP contribution in [-0.4, -0.2) is 20.3 Å². The van der Waals surface area contributed by atoms with Crippen molar-refractivity contribution < 1.29 is 4.79 Å². The van der Waals surface area contributed by atoms with Crippen LogP contribution in [-0.2, 0) is 12.8 Å². The number of anilines is 1. The third-order valence-electron chi connectivity index (χ3n) is 4.03. The van der Waals surface area contributed by atoms with Gasteiger partial charge in [-0.05, 0) is 31.7 Å².